The maximum absolute atomic E-state index is 13.0. The van der Waals surface area contributed by atoms with Crippen LogP contribution < -0.4 is 5.32 Å². The average Bonchev–Trinajstić information content (AvgIpc) is 2.71. The first-order chi connectivity index (χ1) is 12.8. The summed E-state index contributed by atoms with van der Waals surface area (Å²) in [7, 11) is 0. The van der Waals surface area contributed by atoms with Gasteiger partial charge >= 0.3 is 0 Å². The van der Waals surface area contributed by atoms with Gasteiger partial charge in [0, 0.05) is 34.1 Å². The largest absolute Gasteiger partial charge is 0.380 e. The van der Waals surface area contributed by atoms with Crippen LogP contribution in [0.2, 0.25) is 0 Å². The number of hydrogen-bond donors (Lipinski definition) is 1. The van der Waals surface area contributed by atoms with Gasteiger partial charge in [0.05, 0.1) is 0 Å². The highest BCUT2D eigenvalue weighted by atomic mass is 16.1. The van der Waals surface area contributed by atoms with Crippen LogP contribution >= 0.6 is 0 Å². The van der Waals surface area contributed by atoms with E-state index in [2.05, 4.69) is 35.6 Å². The van der Waals surface area contributed by atoms with Gasteiger partial charge in [-0.15, -0.1) is 0 Å². The number of rotatable bonds is 3. The highest BCUT2D eigenvalue weighted by Crippen LogP contribution is 2.41. The molecule has 0 spiro atoms. The van der Waals surface area contributed by atoms with E-state index in [-0.39, 0.29) is 5.78 Å². The molecule has 4 aromatic carbocycles. The number of carbonyl (C=O) groups excluding carboxylic acids is 1. The molecule has 1 N–H and O–H groups in total. The van der Waals surface area contributed by atoms with Crippen LogP contribution in [0.15, 0.2) is 84.9 Å². The second kappa shape index (κ2) is 5.85. The standard InChI is InChI=1S/C24H17NO/c26-24-19-10-5-4-9-17(19)18-13-14-22(20-11-6-12-21(24)23(18)20)25-15-16-7-2-1-3-8-16/h1-14,25H,15H2. The van der Waals surface area contributed by atoms with Crippen molar-refractivity contribution >= 4 is 22.2 Å². The molecule has 0 aliphatic heterocycles. The molecule has 0 atom stereocenters. The lowest BCUT2D eigenvalue weighted by molar-refractivity contribution is 0.104. The first kappa shape index (κ1) is 14.9. The monoisotopic (exact) mass is 335 g/mol. The van der Waals surface area contributed by atoms with Gasteiger partial charge in [-0.25, -0.2) is 0 Å². The number of anilines is 1. The van der Waals surface area contributed by atoms with E-state index in [1.54, 1.807) is 0 Å². The third kappa shape index (κ3) is 2.23. The maximum atomic E-state index is 13.0. The SMILES string of the molecule is O=C1c2ccccc2-c2ccc(NCc3ccccc3)c3cccc1c23. The van der Waals surface area contributed by atoms with Gasteiger partial charge in [-0.1, -0.05) is 78.9 Å². The molecule has 1 aliphatic rings. The lowest BCUT2D eigenvalue weighted by atomic mass is 9.82. The maximum Gasteiger partial charge on any atom is 0.194 e. The Bertz CT molecular complexity index is 1150. The Hall–Kier alpha value is -3.39. The van der Waals surface area contributed by atoms with Crippen molar-refractivity contribution in [3.05, 3.63) is 102 Å². The Kier molecular flexibility index (Phi) is 3.36. The van der Waals surface area contributed by atoms with E-state index in [0.717, 1.165) is 45.3 Å². The molecule has 5 rings (SSSR count). The van der Waals surface area contributed by atoms with E-state index >= 15 is 0 Å². The topological polar surface area (TPSA) is 29.1 Å². The summed E-state index contributed by atoms with van der Waals surface area (Å²) in [6.45, 7) is 0.754. The number of hydrogen-bond acceptors (Lipinski definition) is 2. The molecule has 2 nitrogen and oxygen atoms in total. The third-order valence-corrected chi connectivity index (χ3v) is 5.07. The summed E-state index contributed by atoms with van der Waals surface area (Å²) in [5.41, 5.74) is 6.03. The van der Waals surface area contributed by atoms with Crippen LogP contribution in [0.4, 0.5) is 5.69 Å². The normalized spacial score (nSPS) is 12.1. The number of fused-ring (bicyclic) bond motifs is 2. The van der Waals surface area contributed by atoms with Crippen LogP contribution in [0.25, 0.3) is 21.9 Å². The zero-order valence-corrected chi connectivity index (χ0v) is 14.2. The van der Waals surface area contributed by atoms with Crippen molar-refractivity contribution in [2.45, 2.75) is 6.54 Å². The van der Waals surface area contributed by atoms with E-state index in [9.17, 15) is 4.79 Å². The second-order valence-electron chi connectivity index (χ2n) is 6.60. The van der Waals surface area contributed by atoms with Gasteiger partial charge in [0.2, 0.25) is 0 Å². The second-order valence-corrected chi connectivity index (χ2v) is 6.60. The molecular weight excluding hydrogens is 318 g/mol. The molecule has 26 heavy (non-hydrogen) atoms. The van der Waals surface area contributed by atoms with Gasteiger partial charge < -0.3 is 5.32 Å². The minimum absolute atomic E-state index is 0.110. The highest BCUT2D eigenvalue weighted by molar-refractivity contribution is 6.27. The summed E-state index contributed by atoms with van der Waals surface area (Å²) in [4.78, 5) is 13.0. The molecule has 4 aromatic rings. The lowest BCUT2D eigenvalue weighted by Gasteiger charge is -2.21. The Morgan fingerprint density at radius 2 is 1.35 bits per heavy atom. The van der Waals surface area contributed by atoms with Crippen LogP contribution in [0.5, 0.6) is 0 Å². The van der Waals surface area contributed by atoms with Crippen molar-refractivity contribution in [3.63, 3.8) is 0 Å². The summed E-state index contributed by atoms with van der Waals surface area (Å²) in [6, 6.07) is 28.5. The van der Waals surface area contributed by atoms with Crippen molar-refractivity contribution < 1.29 is 4.79 Å². The molecule has 0 unspecified atom stereocenters. The van der Waals surface area contributed by atoms with Crippen LogP contribution in [-0.4, -0.2) is 5.78 Å². The van der Waals surface area contributed by atoms with E-state index in [4.69, 9.17) is 0 Å². The third-order valence-electron chi connectivity index (χ3n) is 5.07. The number of ketones is 1. The van der Waals surface area contributed by atoms with E-state index < -0.39 is 0 Å². The molecule has 1 aliphatic carbocycles. The van der Waals surface area contributed by atoms with Gasteiger partial charge in [-0.05, 0) is 22.8 Å². The molecular formula is C24H17NO. The molecule has 0 radical (unpaired) electrons. The fourth-order valence-electron chi connectivity index (χ4n) is 3.83. The number of carbonyl (C=O) groups is 1. The minimum atomic E-state index is 0.110. The van der Waals surface area contributed by atoms with Gasteiger partial charge in [0.15, 0.2) is 5.78 Å². The van der Waals surface area contributed by atoms with Gasteiger partial charge in [-0.2, -0.15) is 0 Å². The summed E-state index contributed by atoms with van der Waals surface area (Å²) in [5.74, 6) is 0.110. The summed E-state index contributed by atoms with van der Waals surface area (Å²) in [6.07, 6.45) is 0. The minimum Gasteiger partial charge on any atom is -0.380 e. The lowest BCUT2D eigenvalue weighted by Crippen LogP contribution is -2.10. The van der Waals surface area contributed by atoms with Crippen LogP contribution in [0.3, 0.4) is 0 Å². The molecule has 0 bridgehead atoms. The Labute approximate surface area is 152 Å². The van der Waals surface area contributed by atoms with Crippen LogP contribution in [0, 0.1) is 0 Å². The number of nitrogens with one attached hydrogen (secondary N) is 1. The number of benzene rings is 4. The van der Waals surface area contributed by atoms with Crippen molar-refractivity contribution in [3.8, 4) is 11.1 Å². The molecule has 124 valence electrons. The zero-order chi connectivity index (χ0) is 17.5. The van der Waals surface area contributed by atoms with Gasteiger partial charge in [0.1, 0.15) is 0 Å². The first-order valence-corrected chi connectivity index (χ1v) is 8.80. The van der Waals surface area contributed by atoms with E-state index in [0.29, 0.717) is 0 Å². The zero-order valence-electron chi connectivity index (χ0n) is 14.2. The van der Waals surface area contributed by atoms with Crippen LogP contribution in [-0.2, 0) is 6.54 Å². The summed E-state index contributed by atoms with van der Waals surface area (Å²) in [5, 5.41) is 5.68. The first-order valence-electron chi connectivity index (χ1n) is 8.80. The van der Waals surface area contributed by atoms with Crippen molar-refractivity contribution in [1.82, 2.24) is 0 Å². The molecule has 0 amide bonds. The molecule has 0 saturated carbocycles. The molecule has 0 aromatic heterocycles. The summed E-state index contributed by atoms with van der Waals surface area (Å²) < 4.78 is 0. The van der Waals surface area contributed by atoms with E-state index in [1.807, 2.05) is 54.6 Å². The fourth-order valence-corrected chi connectivity index (χ4v) is 3.83. The predicted octanol–water partition coefficient (Wildman–Crippen LogP) is 5.66. The van der Waals surface area contributed by atoms with Crippen LogP contribution in [0.1, 0.15) is 21.5 Å². The molecule has 0 saturated heterocycles. The fraction of sp³-hybridized carbons (Fsp3) is 0.0417. The van der Waals surface area contributed by atoms with Gasteiger partial charge in [0.25, 0.3) is 0 Å². The predicted molar refractivity (Wildman–Crippen MR) is 107 cm³/mol. The van der Waals surface area contributed by atoms with Crippen molar-refractivity contribution in [1.29, 1.82) is 0 Å². The van der Waals surface area contributed by atoms with Gasteiger partial charge in [-0.3, -0.25) is 4.79 Å². The molecule has 0 heterocycles. The Balaban J connectivity index is 1.66. The van der Waals surface area contributed by atoms with Crippen molar-refractivity contribution in [2.24, 2.45) is 0 Å². The van der Waals surface area contributed by atoms with E-state index in [1.165, 1.54) is 5.56 Å². The average molecular weight is 335 g/mol. The highest BCUT2D eigenvalue weighted by Gasteiger charge is 2.25. The quantitative estimate of drug-likeness (QED) is 0.461. The Morgan fingerprint density at radius 1 is 0.615 bits per heavy atom. The van der Waals surface area contributed by atoms with Crippen molar-refractivity contribution in [2.75, 3.05) is 5.32 Å². The summed E-state index contributed by atoms with van der Waals surface area (Å²) >= 11 is 0. The smallest absolute Gasteiger partial charge is 0.194 e. The Morgan fingerprint density at radius 3 is 2.19 bits per heavy atom. The molecule has 2 heteroatoms. The molecule has 0 fully saturated rings.